The second-order valence-electron chi connectivity index (χ2n) is 7.02. The number of nitrogens with zero attached hydrogens (tertiary/aromatic N) is 5. The van der Waals surface area contributed by atoms with Gasteiger partial charge < -0.3 is 9.30 Å². The molecule has 0 saturated carbocycles. The minimum atomic E-state index is -4.04. The molecular weight excluding hydrogens is 410 g/mol. The van der Waals surface area contributed by atoms with Gasteiger partial charge in [0, 0.05) is 44.6 Å². The summed E-state index contributed by atoms with van der Waals surface area (Å²) in [6.45, 7) is 2.38. The Morgan fingerprint density at radius 2 is 1.83 bits per heavy atom. The van der Waals surface area contributed by atoms with Crippen LogP contribution in [0.15, 0.2) is 53.7 Å². The van der Waals surface area contributed by atoms with Crippen molar-refractivity contribution in [1.29, 1.82) is 0 Å². The van der Waals surface area contributed by atoms with Gasteiger partial charge >= 0.3 is 0 Å². The third-order valence-corrected chi connectivity index (χ3v) is 6.99. The molecule has 0 aliphatic carbocycles. The average molecular weight is 429 g/mol. The Morgan fingerprint density at radius 1 is 1.13 bits per heavy atom. The van der Waals surface area contributed by atoms with Crippen molar-refractivity contribution in [2.45, 2.75) is 11.8 Å². The Kier molecular flexibility index (Phi) is 5.00. The smallest absolute Gasteiger partial charge is 0.289 e. The van der Waals surface area contributed by atoms with Crippen LogP contribution in [0.5, 0.6) is 0 Å². The predicted molar refractivity (Wildman–Crippen MR) is 108 cm³/mol. The van der Waals surface area contributed by atoms with Gasteiger partial charge in [0.2, 0.25) is 10.0 Å². The number of fused-ring (bicyclic) bond motifs is 1. The zero-order valence-corrected chi connectivity index (χ0v) is 16.9. The summed E-state index contributed by atoms with van der Waals surface area (Å²) in [5.41, 5.74) is 1.52. The van der Waals surface area contributed by atoms with E-state index in [0.717, 1.165) is 11.6 Å². The first-order valence-electron chi connectivity index (χ1n) is 9.25. The number of pyridine rings is 1. The van der Waals surface area contributed by atoms with E-state index in [1.54, 1.807) is 15.5 Å². The van der Waals surface area contributed by atoms with E-state index < -0.39 is 20.6 Å². The molecule has 0 bridgehead atoms. The molecule has 3 aromatic rings. The molecule has 0 radical (unpaired) electrons. The summed E-state index contributed by atoms with van der Waals surface area (Å²) < 4.78 is 28.8. The zero-order valence-electron chi connectivity index (χ0n) is 16.1. The van der Waals surface area contributed by atoms with E-state index in [-0.39, 0.29) is 42.7 Å². The fourth-order valence-electron chi connectivity index (χ4n) is 3.45. The van der Waals surface area contributed by atoms with Crippen LogP contribution < -0.4 is 0 Å². The number of aromatic nitrogens is 2. The predicted octanol–water partition coefficient (Wildman–Crippen LogP) is 1.70. The van der Waals surface area contributed by atoms with E-state index in [9.17, 15) is 23.3 Å². The molecule has 1 fully saturated rings. The molecule has 4 rings (SSSR count). The van der Waals surface area contributed by atoms with Gasteiger partial charge in [-0.1, -0.05) is 12.1 Å². The number of rotatable bonds is 4. The summed E-state index contributed by atoms with van der Waals surface area (Å²) in [6, 6.07) is 9.04. The van der Waals surface area contributed by atoms with Gasteiger partial charge in [-0.3, -0.25) is 14.9 Å². The van der Waals surface area contributed by atoms with Crippen molar-refractivity contribution in [3.63, 3.8) is 0 Å². The van der Waals surface area contributed by atoms with E-state index in [2.05, 4.69) is 4.98 Å². The molecule has 156 valence electrons. The molecule has 0 atom stereocenters. The fourth-order valence-corrected chi connectivity index (χ4v) is 5.03. The first-order chi connectivity index (χ1) is 14.3. The summed E-state index contributed by atoms with van der Waals surface area (Å²) in [5, 5.41) is 11.2. The Balaban J connectivity index is 1.50. The molecule has 30 heavy (non-hydrogen) atoms. The highest BCUT2D eigenvalue weighted by Gasteiger charge is 2.34. The molecule has 1 aromatic carbocycles. The number of nitro groups is 1. The number of benzene rings is 1. The lowest BCUT2D eigenvalue weighted by Gasteiger charge is -2.33. The number of amides is 1. The van der Waals surface area contributed by atoms with Gasteiger partial charge in [0.1, 0.15) is 11.3 Å². The standard InChI is InChI=1S/C19H19N5O5S/c1-14-6-7-22-13-15(20-18(22)12-14)19(25)21-8-10-23(11-9-21)30(28,29)17-5-3-2-4-16(17)24(26)27/h2-7,12-13H,8-11H2,1H3. The molecule has 10 nitrogen and oxygen atoms in total. The Morgan fingerprint density at radius 3 is 2.53 bits per heavy atom. The lowest BCUT2D eigenvalue weighted by atomic mass is 10.3. The van der Waals surface area contributed by atoms with Gasteiger partial charge in [-0.2, -0.15) is 4.31 Å². The lowest BCUT2D eigenvalue weighted by molar-refractivity contribution is -0.387. The van der Waals surface area contributed by atoms with Crippen LogP contribution >= 0.6 is 0 Å². The van der Waals surface area contributed by atoms with Gasteiger partial charge in [-0.25, -0.2) is 13.4 Å². The Labute approximate surface area is 172 Å². The largest absolute Gasteiger partial charge is 0.335 e. The van der Waals surface area contributed by atoms with Crippen LogP contribution in [0, 0.1) is 17.0 Å². The number of nitro benzene ring substituents is 1. The van der Waals surface area contributed by atoms with Gasteiger partial charge in [0.25, 0.3) is 11.6 Å². The van der Waals surface area contributed by atoms with Crippen molar-refractivity contribution < 1.29 is 18.1 Å². The Bertz CT molecular complexity index is 1250. The van der Waals surface area contributed by atoms with Gasteiger partial charge in [-0.15, -0.1) is 0 Å². The van der Waals surface area contributed by atoms with Crippen LogP contribution in [0.25, 0.3) is 5.65 Å². The number of sulfonamides is 1. The van der Waals surface area contributed by atoms with Crippen LogP contribution in [-0.2, 0) is 10.0 Å². The highest BCUT2D eigenvalue weighted by atomic mass is 32.2. The minimum absolute atomic E-state index is 0.0482. The van der Waals surface area contributed by atoms with Crippen LogP contribution in [0.2, 0.25) is 0 Å². The van der Waals surface area contributed by atoms with Gasteiger partial charge in [-0.05, 0) is 30.7 Å². The van der Waals surface area contributed by atoms with E-state index in [1.165, 1.54) is 22.5 Å². The second kappa shape index (κ2) is 7.50. The number of aryl methyl sites for hydroxylation is 1. The molecule has 1 aliphatic heterocycles. The quantitative estimate of drug-likeness (QED) is 0.460. The molecule has 1 saturated heterocycles. The molecule has 0 unspecified atom stereocenters. The molecule has 1 aliphatic rings. The molecule has 3 heterocycles. The summed E-state index contributed by atoms with van der Waals surface area (Å²) in [6.07, 6.45) is 3.47. The number of imidazole rings is 1. The van der Waals surface area contributed by atoms with Crippen LogP contribution in [0.1, 0.15) is 16.1 Å². The van der Waals surface area contributed by atoms with Crippen molar-refractivity contribution in [3.8, 4) is 0 Å². The van der Waals surface area contributed by atoms with E-state index in [0.29, 0.717) is 5.65 Å². The number of carbonyl (C=O) groups excluding carboxylic acids is 1. The average Bonchev–Trinajstić information content (AvgIpc) is 3.16. The first-order valence-corrected chi connectivity index (χ1v) is 10.7. The van der Waals surface area contributed by atoms with Crippen molar-refractivity contribution >= 4 is 27.3 Å². The SMILES string of the molecule is Cc1ccn2cc(C(=O)N3CCN(S(=O)(=O)c4ccccc4[N+](=O)[O-])CC3)nc2c1. The number of para-hydroxylation sites is 1. The van der Waals surface area contributed by atoms with Crippen molar-refractivity contribution in [3.05, 3.63) is 70.2 Å². The monoisotopic (exact) mass is 429 g/mol. The lowest BCUT2D eigenvalue weighted by Crippen LogP contribution is -2.50. The molecule has 2 aromatic heterocycles. The maximum Gasteiger partial charge on any atom is 0.289 e. The molecule has 11 heteroatoms. The highest BCUT2D eigenvalue weighted by Crippen LogP contribution is 2.27. The first kappa shape index (κ1) is 20.0. The molecule has 0 N–H and O–H groups in total. The number of hydrogen-bond acceptors (Lipinski definition) is 6. The van der Waals surface area contributed by atoms with Crippen LogP contribution in [-0.4, -0.2) is 64.0 Å². The third kappa shape index (κ3) is 3.53. The summed E-state index contributed by atoms with van der Waals surface area (Å²) in [7, 11) is -4.04. The zero-order chi connectivity index (χ0) is 21.5. The van der Waals surface area contributed by atoms with E-state index in [1.807, 2.05) is 25.3 Å². The van der Waals surface area contributed by atoms with E-state index >= 15 is 0 Å². The van der Waals surface area contributed by atoms with Crippen molar-refractivity contribution in [2.24, 2.45) is 0 Å². The topological polar surface area (TPSA) is 118 Å². The maximum atomic E-state index is 12.9. The molecular formula is C19H19N5O5S. The van der Waals surface area contributed by atoms with Crippen LogP contribution in [0.4, 0.5) is 5.69 Å². The van der Waals surface area contributed by atoms with Crippen molar-refractivity contribution in [2.75, 3.05) is 26.2 Å². The molecule has 0 spiro atoms. The number of hydrogen-bond donors (Lipinski definition) is 0. The molecule has 1 amide bonds. The van der Waals surface area contributed by atoms with Crippen LogP contribution in [0.3, 0.4) is 0 Å². The van der Waals surface area contributed by atoms with Crippen molar-refractivity contribution in [1.82, 2.24) is 18.6 Å². The van der Waals surface area contributed by atoms with E-state index in [4.69, 9.17) is 0 Å². The highest BCUT2D eigenvalue weighted by molar-refractivity contribution is 7.89. The summed E-state index contributed by atoms with van der Waals surface area (Å²) in [5.74, 6) is -0.279. The summed E-state index contributed by atoms with van der Waals surface area (Å²) >= 11 is 0. The summed E-state index contributed by atoms with van der Waals surface area (Å²) in [4.78, 5) is 28.9. The van der Waals surface area contributed by atoms with Gasteiger partial charge in [0.15, 0.2) is 4.90 Å². The third-order valence-electron chi connectivity index (χ3n) is 5.04. The number of carbonyl (C=O) groups is 1. The Hall–Kier alpha value is -3.31. The number of piperazine rings is 1. The minimum Gasteiger partial charge on any atom is -0.335 e. The normalized spacial score (nSPS) is 15.4. The second-order valence-corrected chi connectivity index (χ2v) is 8.92. The maximum absolute atomic E-state index is 12.9. The van der Waals surface area contributed by atoms with Gasteiger partial charge in [0.05, 0.1) is 4.92 Å². The fraction of sp³-hybridized carbons (Fsp3) is 0.263.